The van der Waals surface area contributed by atoms with Gasteiger partial charge in [0.1, 0.15) is 0 Å². The van der Waals surface area contributed by atoms with E-state index in [1.165, 1.54) is 6.20 Å². The lowest BCUT2D eigenvalue weighted by molar-refractivity contribution is 0.576. The van der Waals surface area contributed by atoms with Gasteiger partial charge >= 0.3 is 0 Å². The van der Waals surface area contributed by atoms with E-state index in [4.69, 9.17) is 34.8 Å². The topological polar surface area (TPSA) is 12.9 Å². The Hall–Kier alpha value is -0.100. The van der Waals surface area contributed by atoms with Crippen LogP contribution in [0.25, 0.3) is 11.1 Å². The first-order valence-corrected chi connectivity index (χ1v) is 6.67. The van der Waals surface area contributed by atoms with Gasteiger partial charge in [-0.2, -0.15) is 4.39 Å². The minimum atomic E-state index is -0.509. The van der Waals surface area contributed by atoms with Gasteiger partial charge in [-0.1, -0.05) is 40.9 Å². The number of halogens is 5. The Labute approximate surface area is 126 Å². The molecule has 0 aliphatic carbocycles. The molecule has 0 unspecified atom stereocenters. The molecule has 2 aromatic rings. The van der Waals surface area contributed by atoms with E-state index in [0.717, 1.165) is 0 Å². The van der Waals surface area contributed by atoms with Crippen molar-refractivity contribution in [2.45, 2.75) is 0 Å². The number of nitrogens with zero attached hydrogens (tertiary/aromatic N) is 1. The first-order valence-electron chi connectivity index (χ1n) is 4.45. The fourth-order valence-electron chi connectivity index (χ4n) is 1.32. The molecule has 0 spiro atoms. The van der Waals surface area contributed by atoms with Gasteiger partial charge in [0.15, 0.2) is 0 Å². The van der Waals surface area contributed by atoms with Gasteiger partial charge in [-0.05, 0) is 34.7 Å². The number of rotatable bonds is 1. The first-order chi connectivity index (χ1) is 8.00. The van der Waals surface area contributed by atoms with Gasteiger partial charge in [0.2, 0.25) is 5.95 Å². The molecule has 2 rings (SSSR count). The number of aromatic nitrogens is 1. The molecule has 1 aromatic heterocycles. The summed E-state index contributed by atoms with van der Waals surface area (Å²) >= 11 is 19.7. The van der Waals surface area contributed by atoms with E-state index < -0.39 is 5.95 Å². The second-order valence-electron chi connectivity index (χ2n) is 3.22. The average Bonchev–Trinajstić information content (AvgIpc) is 2.30. The summed E-state index contributed by atoms with van der Waals surface area (Å²) in [5, 5.41) is 0.999. The van der Waals surface area contributed by atoms with Crippen LogP contribution in [0.5, 0.6) is 0 Å². The van der Waals surface area contributed by atoms with Crippen molar-refractivity contribution in [2.75, 3.05) is 0 Å². The zero-order valence-electron chi connectivity index (χ0n) is 8.15. The highest BCUT2D eigenvalue weighted by Crippen LogP contribution is 2.38. The van der Waals surface area contributed by atoms with Gasteiger partial charge in [-0.3, -0.25) is 0 Å². The molecule has 88 valence electrons. The number of pyridine rings is 1. The van der Waals surface area contributed by atoms with Crippen LogP contribution in [-0.4, -0.2) is 4.98 Å². The molecule has 1 heterocycles. The molecule has 0 aliphatic rings. The van der Waals surface area contributed by atoms with Crippen molar-refractivity contribution in [3.63, 3.8) is 0 Å². The molecular weight excluding hydrogens is 398 g/mol. The zero-order valence-corrected chi connectivity index (χ0v) is 12.6. The molecule has 0 bridgehead atoms. The summed E-state index contributed by atoms with van der Waals surface area (Å²) in [6.07, 6.45) is 1.41. The third-order valence-electron chi connectivity index (χ3n) is 2.14. The highest BCUT2D eigenvalue weighted by atomic mass is 127. The fourth-order valence-corrected chi connectivity index (χ4v) is 2.44. The molecule has 0 saturated carbocycles. The Morgan fingerprint density at radius 3 is 2.47 bits per heavy atom. The molecule has 0 amide bonds. The van der Waals surface area contributed by atoms with Crippen LogP contribution >= 0.6 is 57.4 Å². The van der Waals surface area contributed by atoms with Gasteiger partial charge in [0.05, 0.1) is 18.6 Å². The predicted molar refractivity (Wildman–Crippen MR) is 77.4 cm³/mol. The SMILES string of the molecule is Fc1ncc(-c2ccc(Cl)c(Cl)c2Cl)cc1I. The molecule has 6 heteroatoms. The summed E-state index contributed by atoms with van der Waals surface area (Å²) in [5.74, 6) is -0.509. The van der Waals surface area contributed by atoms with E-state index in [-0.39, 0.29) is 5.02 Å². The standard InChI is InChI=1S/C11H4Cl3FIN/c12-7-2-1-6(9(13)10(7)14)5-3-8(16)11(15)17-4-5/h1-4H. The first kappa shape index (κ1) is 13.3. The second-order valence-corrected chi connectivity index (χ2v) is 5.54. The van der Waals surface area contributed by atoms with E-state index in [9.17, 15) is 4.39 Å². The van der Waals surface area contributed by atoms with Crippen LogP contribution in [0.2, 0.25) is 15.1 Å². The van der Waals surface area contributed by atoms with Crippen molar-refractivity contribution in [1.29, 1.82) is 0 Å². The number of benzene rings is 1. The van der Waals surface area contributed by atoms with E-state index in [0.29, 0.717) is 24.7 Å². The van der Waals surface area contributed by atoms with Gasteiger partial charge < -0.3 is 0 Å². The predicted octanol–water partition coefficient (Wildman–Crippen LogP) is 5.45. The Morgan fingerprint density at radius 2 is 1.82 bits per heavy atom. The summed E-state index contributed by atoms with van der Waals surface area (Å²) in [7, 11) is 0. The molecule has 17 heavy (non-hydrogen) atoms. The summed E-state index contributed by atoms with van der Waals surface area (Å²) in [4.78, 5) is 3.64. The quantitative estimate of drug-likeness (QED) is 0.351. The van der Waals surface area contributed by atoms with Gasteiger partial charge in [0, 0.05) is 17.3 Å². The van der Waals surface area contributed by atoms with E-state index in [1.807, 2.05) is 22.6 Å². The van der Waals surface area contributed by atoms with Crippen LogP contribution < -0.4 is 0 Å². The minimum absolute atomic E-state index is 0.283. The number of hydrogen-bond donors (Lipinski definition) is 0. The van der Waals surface area contributed by atoms with Crippen molar-refractivity contribution >= 4 is 57.4 Å². The maximum atomic E-state index is 13.1. The van der Waals surface area contributed by atoms with Crippen LogP contribution in [0.4, 0.5) is 4.39 Å². The molecular formula is C11H4Cl3FIN. The average molecular weight is 402 g/mol. The molecule has 0 N–H and O–H groups in total. The Bertz CT molecular complexity index is 589. The van der Waals surface area contributed by atoms with Crippen LogP contribution in [-0.2, 0) is 0 Å². The lowest BCUT2D eigenvalue weighted by atomic mass is 10.1. The molecule has 1 nitrogen and oxygen atoms in total. The van der Waals surface area contributed by atoms with Gasteiger partial charge in [-0.15, -0.1) is 0 Å². The van der Waals surface area contributed by atoms with Gasteiger partial charge in [-0.25, -0.2) is 4.98 Å². The molecule has 0 aliphatic heterocycles. The highest BCUT2D eigenvalue weighted by Gasteiger charge is 2.12. The Morgan fingerprint density at radius 1 is 1.12 bits per heavy atom. The van der Waals surface area contributed by atoms with Crippen molar-refractivity contribution < 1.29 is 4.39 Å². The Balaban J connectivity index is 2.61. The monoisotopic (exact) mass is 401 g/mol. The molecule has 0 saturated heterocycles. The van der Waals surface area contributed by atoms with Crippen LogP contribution in [0.1, 0.15) is 0 Å². The van der Waals surface area contributed by atoms with Crippen LogP contribution in [0, 0.1) is 9.52 Å². The molecule has 1 aromatic carbocycles. The highest BCUT2D eigenvalue weighted by molar-refractivity contribution is 14.1. The van der Waals surface area contributed by atoms with Gasteiger partial charge in [0.25, 0.3) is 0 Å². The summed E-state index contributed by atoms with van der Waals surface area (Å²) in [6, 6.07) is 5.01. The normalized spacial score (nSPS) is 10.6. The summed E-state index contributed by atoms with van der Waals surface area (Å²) in [6.45, 7) is 0. The molecule has 0 radical (unpaired) electrons. The van der Waals surface area contributed by atoms with Crippen molar-refractivity contribution in [3.05, 3.63) is 49.0 Å². The van der Waals surface area contributed by atoms with Crippen LogP contribution in [0.15, 0.2) is 24.4 Å². The minimum Gasteiger partial charge on any atom is -0.227 e. The number of hydrogen-bond acceptors (Lipinski definition) is 1. The van der Waals surface area contributed by atoms with Crippen molar-refractivity contribution in [3.8, 4) is 11.1 Å². The second kappa shape index (κ2) is 5.26. The fraction of sp³-hybridized carbons (Fsp3) is 0. The zero-order chi connectivity index (χ0) is 12.6. The lowest BCUT2D eigenvalue weighted by Gasteiger charge is -2.07. The van der Waals surface area contributed by atoms with Crippen molar-refractivity contribution in [2.24, 2.45) is 0 Å². The summed E-state index contributed by atoms with van der Waals surface area (Å²) < 4.78 is 13.5. The Kier molecular flexibility index (Phi) is 4.13. The van der Waals surface area contributed by atoms with E-state index >= 15 is 0 Å². The maximum Gasteiger partial charge on any atom is 0.226 e. The summed E-state index contributed by atoms with van der Waals surface area (Å²) in [5.41, 5.74) is 1.37. The largest absolute Gasteiger partial charge is 0.227 e. The van der Waals surface area contributed by atoms with Crippen molar-refractivity contribution in [1.82, 2.24) is 4.98 Å². The van der Waals surface area contributed by atoms with E-state index in [1.54, 1.807) is 18.2 Å². The van der Waals surface area contributed by atoms with Crippen LogP contribution in [0.3, 0.4) is 0 Å². The molecule has 0 atom stereocenters. The van der Waals surface area contributed by atoms with E-state index in [2.05, 4.69) is 4.98 Å². The lowest BCUT2D eigenvalue weighted by Crippen LogP contribution is -1.90. The molecule has 0 fully saturated rings. The third-order valence-corrected chi connectivity index (χ3v) is 4.19. The third kappa shape index (κ3) is 2.67. The maximum absolute atomic E-state index is 13.1. The smallest absolute Gasteiger partial charge is 0.226 e.